The van der Waals surface area contributed by atoms with E-state index in [0.717, 1.165) is 6.54 Å². The van der Waals surface area contributed by atoms with Crippen molar-refractivity contribution in [3.05, 3.63) is 24.3 Å². The van der Waals surface area contributed by atoms with Crippen molar-refractivity contribution in [2.45, 2.75) is 6.92 Å². The lowest BCUT2D eigenvalue weighted by Crippen LogP contribution is -2.10. The Hall–Kier alpha value is -0.800. The fourth-order valence-electron chi connectivity index (χ4n) is 0.675. The maximum atomic E-state index is 10.8. The second-order valence-corrected chi connectivity index (χ2v) is 2.80. The third-order valence-corrected chi connectivity index (χ3v) is 1.24. The molecule has 3 nitrogen and oxygen atoms in total. The minimum Gasteiger partial charge on any atom is -0.463 e. The van der Waals surface area contributed by atoms with E-state index in [1.54, 1.807) is 13.0 Å². The van der Waals surface area contributed by atoms with Gasteiger partial charge in [0.1, 0.15) is 0 Å². The zero-order valence-corrected chi connectivity index (χ0v) is 9.71. The maximum Gasteiger partial charge on any atom is 0.330 e. The van der Waals surface area contributed by atoms with Crippen molar-refractivity contribution in [3.63, 3.8) is 0 Å². The van der Waals surface area contributed by atoms with E-state index in [2.05, 4.69) is 0 Å². The van der Waals surface area contributed by atoms with Crippen LogP contribution in [0.25, 0.3) is 0 Å². The number of ether oxygens (including phenoxy) is 1. The summed E-state index contributed by atoms with van der Waals surface area (Å²) in [6.45, 7) is 3.07. The Kier molecular flexibility index (Phi) is 11.5. The van der Waals surface area contributed by atoms with E-state index >= 15 is 0 Å². The summed E-state index contributed by atoms with van der Waals surface area (Å²) in [6.07, 6.45) is 6.89. The molecule has 0 saturated carbocycles. The molecule has 0 aromatic carbocycles. The molecule has 0 amide bonds. The number of esters is 1. The number of carbonyl (C=O) groups is 1. The molecule has 0 spiro atoms. The molecule has 0 aliphatic heterocycles. The molecule has 82 valence electrons. The monoisotopic (exact) mass is 219 g/mol. The predicted molar refractivity (Wildman–Crippen MR) is 60.7 cm³/mol. The van der Waals surface area contributed by atoms with Crippen LogP contribution in [-0.2, 0) is 9.53 Å². The average Bonchev–Trinajstić information content (AvgIpc) is 2.03. The van der Waals surface area contributed by atoms with Gasteiger partial charge in [0.15, 0.2) is 0 Å². The van der Waals surface area contributed by atoms with Crippen LogP contribution >= 0.6 is 12.4 Å². The van der Waals surface area contributed by atoms with Crippen LogP contribution in [0.3, 0.4) is 0 Å². The molecular formula is C10H18ClNO2. The smallest absolute Gasteiger partial charge is 0.330 e. The molecule has 0 bridgehead atoms. The Morgan fingerprint density at radius 3 is 2.50 bits per heavy atom. The van der Waals surface area contributed by atoms with Gasteiger partial charge in [0, 0.05) is 12.6 Å². The number of likely N-dealkylation sites (N-methyl/N-ethyl adjacent to an activating group) is 1. The lowest BCUT2D eigenvalue weighted by atomic mass is 10.4. The van der Waals surface area contributed by atoms with Crippen LogP contribution in [0.15, 0.2) is 24.3 Å². The van der Waals surface area contributed by atoms with Gasteiger partial charge in [0.25, 0.3) is 0 Å². The summed E-state index contributed by atoms with van der Waals surface area (Å²) in [5.74, 6) is -0.294. The number of halogens is 1. The lowest BCUT2D eigenvalue weighted by Gasteiger charge is -2.02. The molecule has 0 unspecified atom stereocenters. The van der Waals surface area contributed by atoms with Gasteiger partial charge in [-0.15, -0.1) is 12.4 Å². The molecule has 0 atom stereocenters. The van der Waals surface area contributed by atoms with Crippen LogP contribution in [0.2, 0.25) is 0 Å². The van der Waals surface area contributed by atoms with E-state index in [1.807, 2.05) is 31.1 Å². The molecule has 0 saturated heterocycles. The second-order valence-electron chi connectivity index (χ2n) is 2.80. The largest absolute Gasteiger partial charge is 0.463 e. The summed E-state index contributed by atoms with van der Waals surface area (Å²) in [5, 5.41) is 0. The van der Waals surface area contributed by atoms with Gasteiger partial charge in [-0.25, -0.2) is 4.79 Å². The highest BCUT2D eigenvalue weighted by atomic mass is 35.5. The number of rotatable bonds is 5. The number of hydrogen-bond acceptors (Lipinski definition) is 3. The Morgan fingerprint density at radius 1 is 1.36 bits per heavy atom. The van der Waals surface area contributed by atoms with Crippen LogP contribution in [0, 0.1) is 0 Å². The van der Waals surface area contributed by atoms with Crippen molar-refractivity contribution < 1.29 is 9.53 Å². The lowest BCUT2D eigenvalue weighted by molar-refractivity contribution is -0.137. The summed E-state index contributed by atoms with van der Waals surface area (Å²) in [5.41, 5.74) is 0. The van der Waals surface area contributed by atoms with Gasteiger partial charge in [-0.3, -0.25) is 0 Å². The van der Waals surface area contributed by atoms with Gasteiger partial charge in [-0.1, -0.05) is 18.2 Å². The summed E-state index contributed by atoms with van der Waals surface area (Å²) < 4.78 is 4.70. The molecular weight excluding hydrogens is 202 g/mol. The maximum absolute atomic E-state index is 10.8. The fraction of sp³-hybridized carbons (Fsp3) is 0.500. The first-order chi connectivity index (χ1) is 6.16. The molecule has 0 aliphatic carbocycles. The van der Waals surface area contributed by atoms with Crippen LogP contribution < -0.4 is 0 Å². The normalized spacial score (nSPS) is 10.9. The van der Waals surface area contributed by atoms with Crippen molar-refractivity contribution in [2.24, 2.45) is 0 Å². The summed E-state index contributed by atoms with van der Waals surface area (Å²) >= 11 is 0. The van der Waals surface area contributed by atoms with Gasteiger partial charge in [0.2, 0.25) is 0 Å². The number of carbonyl (C=O) groups excluding carboxylic acids is 1. The molecule has 0 N–H and O–H groups in total. The molecule has 0 rings (SSSR count). The first kappa shape index (κ1) is 15.7. The average molecular weight is 220 g/mol. The molecule has 0 aromatic heterocycles. The van der Waals surface area contributed by atoms with Crippen LogP contribution in [-0.4, -0.2) is 38.1 Å². The van der Waals surface area contributed by atoms with Crippen molar-refractivity contribution in [1.82, 2.24) is 4.90 Å². The van der Waals surface area contributed by atoms with E-state index in [-0.39, 0.29) is 18.4 Å². The topological polar surface area (TPSA) is 29.5 Å². The van der Waals surface area contributed by atoms with E-state index in [0.29, 0.717) is 6.61 Å². The van der Waals surface area contributed by atoms with Crippen molar-refractivity contribution in [3.8, 4) is 0 Å². The first-order valence-corrected chi connectivity index (χ1v) is 4.31. The van der Waals surface area contributed by atoms with Gasteiger partial charge in [-0.05, 0) is 21.0 Å². The Balaban J connectivity index is 0. The van der Waals surface area contributed by atoms with E-state index in [9.17, 15) is 4.79 Å². The van der Waals surface area contributed by atoms with Crippen LogP contribution in [0.1, 0.15) is 6.92 Å². The van der Waals surface area contributed by atoms with Gasteiger partial charge in [0.05, 0.1) is 6.61 Å². The fourth-order valence-corrected chi connectivity index (χ4v) is 0.675. The summed E-state index contributed by atoms with van der Waals surface area (Å²) in [6, 6.07) is 0. The highest BCUT2D eigenvalue weighted by molar-refractivity contribution is 5.85. The van der Waals surface area contributed by atoms with Gasteiger partial charge < -0.3 is 9.64 Å². The second kappa shape index (κ2) is 10.3. The predicted octanol–water partition coefficient (Wildman–Crippen LogP) is 1.65. The molecule has 0 aromatic rings. The van der Waals surface area contributed by atoms with Crippen molar-refractivity contribution >= 4 is 18.4 Å². The van der Waals surface area contributed by atoms with E-state index in [4.69, 9.17) is 4.74 Å². The highest BCUT2D eigenvalue weighted by Gasteiger charge is 1.89. The number of nitrogens with zero attached hydrogens (tertiary/aromatic N) is 1. The molecule has 0 heterocycles. The van der Waals surface area contributed by atoms with E-state index < -0.39 is 0 Å². The minimum absolute atomic E-state index is 0. The van der Waals surface area contributed by atoms with Crippen molar-refractivity contribution in [1.29, 1.82) is 0 Å². The highest BCUT2D eigenvalue weighted by Crippen LogP contribution is 1.83. The van der Waals surface area contributed by atoms with Gasteiger partial charge in [-0.2, -0.15) is 0 Å². The van der Waals surface area contributed by atoms with Crippen molar-refractivity contribution in [2.75, 3.05) is 27.2 Å². The van der Waals surface area contributed by atoms with E-state index in [1.165, 1.54) is 6.08 Å². The summed E-state index contributed by atoms with van der Waals surface area (Å²) in [7, 11) is 3.97. The third kappa shape index (κ3) is 11.2. The zero-order chi connectivity index (χ0) is 10.1. The molecule has 4 heteroatoms. The SMILES string of the molecule is CCOC(=O)C=CC=CCN(C)C.Cl. The Labute approximate surface area is 91.8 Å². The molecule has 0 aliphatic rings. The third-order valence-electron chi connectivity index (χ3n) is 1.24. The standard InChI is InChI=1S/C10H17NO2.ClH/c1-4-13-10(12)8-6-5-7-9-11(2)3;/h5-8H,4,9H2,1-3H3;1H. The molecule has 14 heavy (non-hydrogen) atoms. The zero-order valence-electron chi connectivity index (χ0n) is 8.90. The van der Waals surface area contributed by atoms with Gasteiger partial charge >= 0.3 is 5.97 Å². The Morgan fingerprint density at radius 2 is 2.00 bits per heavy atom. The number of hydrogen-bond donors (Lipinski definition) is 0. The Bertz CT molecular complexity index is 200. The van der Waals surface area contributed by atoms with Crippen LogP contribution in [0.5, 0.6) is 0 Å². The van der Waals surface area contributed by atoms with Crippen LogP contribution in [0.4, 0.5) is 0 Å². The molecule has 0 radical (unpaired) electrons. The summed E-state index contributed by atoms with van der Waals surface area (Å²) in [4.78, 5) is 12.8. The first-order valence-electron chi connectivity index (χ1n) is 4.31. The number of allylic oxidation sites excluding steroid dienone is 2. The molecule has 0 fully saturated rings. The minimum atomic E-state index is -0.294. The quantitative estimate of drug-likeness (QED) is 0.400.